The maximum Gasteiger partial charge on any atom is 0.220 e. The van der Waals surface area contributed by atoms with Crippen LogP contribution in [0.1, 0.15) is 38.5 Å². The number of amides is 1. The van der Waals surface area contributed by atoms with E-state index in [0.29, 0.717) is 12.5 Å². The van der Waals surface area contributed by atoms with Gasteiger partial charge in [0.1, 0.15) is 12.1 Å². The third-order valence-corrected chi connectivity index (χ3v) is 4.14. The number of hydrogen-bond acceptors (Lipinski definition) is 4. The fourth-order valence-electron chi connectivity index (χ4n) is 2.97. The second-order valence-electron chi connectivity index (χ2n) is 5.82. The average molecular weight is 298 g/mol. The monoisotopic (exact) mass is 298 g/mol. The van der Waals surface area contributed by atoms with Gasteiger partial charge in [-0.05, 0) is 31.4 Å². The number of carbonyl (C=O) groups excluding carboxylic acids is 1. The molecule has 3 rings (SSSR count). The molecule has 5 nitrogen and oxygen atoms in total. The molecule has 2 aromatic rings. The predicted molar refractivity (Wildman–Crippen MR) is 87.7 cm³/mol. The van der Waals surface area contributed by atoms with Crippen LogP contribution in [-0.4, -0.2) is 28.5 Å². The zero-order chi connectivity index (χ0) is 15.2. The van der Waals surface area contributed by atoms with E-state index < -0.39 is 0 Å². The number of nitrogens with zero attached hydrogens (tertiary/aromatic N) is 2. The first-order valence-electron chi connectivity index (χ1n) is 8.06. The molecule has 0 aliphatic heterocycles. The van der Waals surface area contributed by atoms with Gasteiger partial charge in [-0.3, -0.25) is 4.79 Å². The quantitative estimate of drug-likeness (QED) is 0.805. The van der Waals surface area contributed by atoms with Crippen molar-refractivity contribution in [3.63, 3.8) is 0 Å². The second kappa shape index (κ2) is 7.20. The molecule has 0 saturated heterocycles. The molecule has 0 bridgehead atoms. The first kappa shape index (κ1) is 14.8. The average Bonchev–Trinajstić information content (AvgIpc) is 3.04. The lowest BCUT2D eigenvalue weighted by Gasteiger charge is -2.12. The Morgan fingerprint density at radius 1 is 1.18 bits per heavy atom. The molecule has 1 aliphatic rings. The van der Waals surface area contributed by atoms with Crippen LogP contribution in [-0.2, 0) is 4.79 Å². The molecule has 22 heavy (non-hydrogen) atoms. The van der Waals surface area contributed by atoms with E-state index in [1.807, 2.05) is 24.3 Å². The third-order valence-electron chi connectivity index (χ3n) is 4.14. The standard InChI is InChI=1S/C17H22N4O/c22-16(21-13-6-1-2-7-13)10-5-11-18-17-14-8-3-4-9-15(14)19-12-20-17/h3-4,8-9,12-13H,1-2,5-7,10-11H2,(H,21,22)(H,18,19,20). The fraction of sp³-hybridized carbons (Fsp3) is 0.471. The number of rotatable bonds is 6. The summed E-state index contributed by atoms with van der Waals surface area (Å²) in [5.41, 5.74) is 0.930. The lowest BCUT2D eigenvalue weighted by Crippen LogP contribution is -2.32. The molecule has 5 heteroatoms. The van der Waals surface area contributed by atoms with Crippen LogP contribution < -0.4 is 10.6 Å². The number of para-hydroxylation sites is 1. The van der Waals surface area contributed by atoms with Crippen LogP contribution in [0.5, 0.6) is 0 Å². The molecule has 1 aromatic carbocycles. The third kappa shape index (κ3) is 3.72. The minimum atomic E-state index is 0.168. The van der Waals surface area contributed by atoms with Crippen LogP contribution in [0.15, 0.2) is 30.6 Å². The van der Waals surface area contributed by atoms with Crippen molar-refractivity contribution in [2.24, 2.45) is 0 Å². The Bertz CT molecular complexity index is 632. The maximum absolute atomic E-state index is 11.9. The summed E-state index contributed by atoms with van der Waals surface area (Å²) in [7, 11) is 0. The van der Waals surface area contributed by atoms with Crippen molar-refractivity contribution < 1.29 is 4.79 Å². The summed E-state index contributed by atoms with van der Waals surface area (Å²) in [5.74, 6) is 1.00. The van der Waals surface area contributed by atoms with Gasteiger partial charge in [-0.15, -0.1) is 0 Å². The van der Waals surface area contributed by atoms with Crippen LogP contribution in [0.2, 0.25) is 0 Å². The van der Waals surface area contributed by atoms with Gasteiger partial charge in [0, 0.05) is 24.4 Å². The molecule has 1 amide bonds. The number of benzene rings is 1. The van der Waals surface area contributed by atoms with E-state index in [2.05, 4.69) is 20.6 Å². The zero-order valence-corrected chi connectivity index (χ0v) is 12.7. The van der Waals surface area contributed by atoms with Crippen LogP contribution in [0.3, 0.4) is 0 Å². The highest BCUT2D eigenvalue weighted by atomic mass is 16.1. The van der Waals surface area contributed by atoms with Gasteiger partial charge in [0.2, 0.25) is 5.91 Å². The summed E-state index contributed by atoms with van der Waals surface area (Å²) in [6.45, 7) is 0.735. The van der Waals surface area contributed by atoms with Gasteiger partial charge in [-0.2, -0.15) is 0 Å². The molecule has 2 N–H and O–H groups in total. The van der Waals surface area contributed by atoms with Gasteiger partial charge in [0.15, 0.2) is 0 Å². The van der Waals surface area contributed by atoms with E-state index in [0.717, 1.165) is 42.5 Å². The molecule has 0 radical (unpaired) electrons. The molecule has 1 aromatic heterocycles. The minimum Gasteiger partial charge on any atom is -0.369 e. The summed E-state index contributed by atoms with van der Waals surface area (Å²) in [4.78, 5) is 20.4. The summed E-state index contributed by atoms with van der Waals surface area (Å²) < 4.78 is 0. The van der Waals surface area contributed by atoms with Crippen LogP contribution in [0.4, 0.5) is 5.82 Å². The topological polar surface area (TPSA) is 66.9 Å². The Labute approximate surface area is 130 Å². The molecular weight excluding hydrogens is 276 g/mol. The van der Waals surface area contributed by atoms with Gasteiger partial charge in [-0.1, -0.05) is 25.0 Å². The summed E-state index contributed by atoms with van der Waals surface area (Å²) in [5, 5.41) is 7.43. The lowest BCUT2D eigenvalue weighted by molar-refractivity contribution is -0.121. The summed E-state index contributed by atoms with van der Waals surface area (Å²) in [6.07, 6.45) is 7.69. The van der Waals surface area contributed by atoms with Crippen molar-refractivity contribution >= 4 is 22.6 Å². The zero-order valence-electron chi connectivity index (χ0n) is 12.7. The van der Waals surface area contributed by atoms with E-state index in [1.54, 1.807) is 6.33 Å². The number of hydrogen-bond donors (Lipinski definition) is 2. The summed E-state index contributed by atoms with van der Waals surface area (Å²) >= 11 is 0. The van der Waals surface area contributed by atoms with Crippen molar-refractivity contribution in [3.05, 3.63) is 30.6 Å². The molecule has 116 valence electrons. The minimum absolute atomic E-state index is 0.168. The van der Waals surface area contributed by atoms with Gasteiger partial charge in [-0.25, -0.2) is 9.97 Å². The molecule has 1 saturated carbocycles. The Morgan fingerprint density at radius 3 is 2.86 bits per heavy atom. The highest BCUT2D eigenvalue weighted by Gasteiger charge is 2.16. The van der Waals surface area contributed by atoms with Crippen LogP contribution in [0.25, 0.3) is 10.9 Å². The van der Waals surface area contributed by atoms with Crippen LogP contribution >= 0.6 is 0 Å². The predicted octanol–water partition coefficient (Wildman–Crippen LogP) is 2.88. The first-order valence-corrected chi connectivity index (χ1v) is 8.06. The highest BCUT2D eigenvalue weighted by molar-refractivity contribution is 5.88. The smallest absolute Gasteiger partial charge is 0.220 e. The Kier molecular flexibility index (Phi) is 4.83. The van der Waals surface area contributed by atoms with Crippen molar-refractivity contribution in [2.45, 2.75) is 44.6 Å². The number of anilines is 1. The molecule has 0 spiro atoms. The number of nitrogens with one attached hydrogen (secondary N) is 2. The van der Waals surface area contributed by atoms with E-state index in [4.69, 9.17) is 0 Å². The van der Waals surface area contributed by atoms with Crippen molar-refractivity contribution in [2.75, 3.05) is 11.9 Å². The van der Waals surface area contributed by atoms with Gasteiger partial charge >= 0.3 is 0 Å². The lowest BCUT2D eigenvalue weighted by atomic mass is 10.2. The molecular formula is C17H22N4O. The van der Waals surface area contributed by atoms with Crippen molar-refractivity contribution in [1.29, 1.82) is 0 Å². The van der Waals surface area contributed by atoms with Crippen LogP contribution in [0, 0.1) is 0 Å². The molecule has 1 aliphatic carbocycles. The number of carbonyl (C=O) groups is 1. The summed E-state index contributed by atoms with van der Waals surface area (Å²) in [6, 6.07) is 8.33. The molecule has 0 unspecified atom stereocenters. The van der Waals surface area contributed by atoms with Gasteiger partial charge < -0.3 is 10.6 Å². The first-order chi connectivity index (χ1) is 10.8. The molecule has 0 atom stereocenters. The Morgan fingerprint density at radius 2 is 2.00 bits per heavy atom. The Balaban J connectivity index is 1.45. The number of aromatic nitrogens is 2. The van der Waals surface area contributed by atoms with E-state index in [1.165, 1.54) is 12.8 Å². The molecule has 1 heterocycles. The largest absolute Gasteiger partial charge is 0.369 e. The van der Waals surface area contributed by atoms with Crippen molar-refractivity contribution in [1.82, 2.24) is 15.3 Å². The van der Waals surface area contributed by atoms with E-state index in [-0.39, 0.29) is 5.91 Å². The van der Waals surface area contributed by atoms with Gasteiger partial charge in [0.25, 0.3) is 0 Å². The van der Waals surface area contributed by atoms with E-state index in [9.17, 15) is 4.79 Å². The normalized spacial score (nSPS) is 15.1. The fourth-order valence-corrected chi connectivity index (χ4v) is 2.97. The Hall–Kier alpha value is -2.17. The molecule has 1 fully saturated rings. The maximum atomic E-state index is 11.9. The van der Waals surface area contributed by atoms with E-state index >= 15 is 0 Å². The van der Waals surface area contributed by atoms with Crippen molar-refractivity contribution in [3.8, 4) is 0 Å². The highest BCUT2D eigenvalue weighted by Crippen LogP contribution is 2.19. The second-order valence-corrected chi connectivity index (χ2v) is 5.82. The number of fused-ring (bicyclic) bond motifs is 1. The SMILES string of the molecule is O=C(CCCNc1ncnc2ccccc12)NC1CCCC1. The van der Waals surface area contributed by atoms with Gasteiger partial charge in [0.05, 0.1) is 5.52 Å².